The SMILES string of the molecule is Cn1cc(-c2[nH]c(=S)ncc2F)cn1. The summed E-state index contributed by atoms with van der Waals surface area (Å²) >= 11 is 4.81. The van der Waals surface area contributed by atoms with Crippen LogP contribution >= 0.6 is 12.2 Å². The molecule has 0 spiro atoms. The number of aromatic amines is 1. The number of halogens is 1. The van der Waals surface area contributed by atoms with Crippen molar-refractivity contribution in [2.45, 2.75) is 0 Å². The van der Waals surface area contributed by atoms with Crippen molar-refractivity contribution in [2.75, 3.05) is 0 Å². The van der Waals surface area contributed by atoms with E-state index < -0.39 is 5.82 Å². The van der Waals surface area contributed by atoms with E-state index in [1.807, 2.05) is 0 Å². The molecular weight excluding hydrogens is 203 g/mol. The number of nitrogens with zero attached hydrogens (tertiary/aromatic N) is 3. The van der Waals surface area contributed by atoms with Crippen molar-refractivity contribution in [3.63, 3.8) is 0 Å². The number of rotatable bonds is 1. The predicted molar refractivity (Wildman–Crippen MR) is 51.6 cm³/mol. The maximum atomic E-state index is 13.3. The molecule has 0 aliphatic rings. The van der Waals surface area contributed by atoms with Gasteiger partial charge in [0.1, 0.15) is 0 Å². The van der Waals surface area contributed by atoms with E-state index in [-0.39, 0.29) is 4.77 Å². The molecular formula is C8H7FN4S. The summed E-state index contributed by atoms with van der Waals surface area (Å²) in [7, 11) is 1.76. The minimum absolute atomic E-state index is 0.255. The van der Waals surface area contributed by atoms with Gasteiger partial charge in [-0.2, -0.15) is 5.10 Å². The van der Waals surface area contributed by atoms with Gasteiger partial charge >= 0.3 is 0 Å². The Morgan fingerprint density at radius 2 is 2.29 bits per heavy atom. The summed E-state index contributed by atoms with van der Waals surface area (Å²) in [6.07, 6.45) is 4.36. The lowest BCUT2D eigenvalue weighted by Crippen LogP contribution is -1.91. The Balaban J connectivity index is 2.61. The maximum Gasteiger partial charge on any atom is 0.197 e. The molecule has 6 heteroatoms. The van der Waals surface area contributed by atoms with E-state index in [2.05, 4.69) is 15.1 Å². The fourth-order valence-corrected chi connectivity index (χ4v) is 1.29. The Kier molecular flexibility index (Phi) is 2.12. The normalized spacial score (nSPS) is 10.4. The molecule has 0 aromatic carbocycles. The summed E-state index contributed by atoms with van der Waals surface area (Å²) in [5.74, 6) is -0.438. The topological polar surface area (TPSA) is 46.5 Å². The molecule has 0 aliphatic heterocycles. The highest BCUT2D eigenvalue weighted by atomic mass is 32.1. The van der Waals surface area contributed by atoms with Crippen LogP contribution in [0, 0.1) is 10.6 Å². The summed E-state index contributed by atoms with van der Waals surface area (Å²) in [6, 6.07) is 0. The average molecular weight is 210 g/mol. The second-order valence-corrected chi connectivity index (χ2v) is 3.20. The molecule has 0 atom stereocenters. The molecule has 1 N–H and O–H groups in total. The van der Waals surface area contributed by atoms with E-state index >= 15 is 0 Å². The molecule has 14 heavy (non-hydrogen) atoms. The molecule has 2 aromatic rings. The zero-order valence-corrected chi connectivity index (χ0v) is 8.18. The van der Waals surface area contributed by atoms with Crippen LogP contribution < -0.4 is 0 Å². The molecule has 2 heterocycles. The van der Waals surface area contributed by atoms with Crippen LogP contribution in [0.1, 0.15) is 0 Å². The third-order valence-corrected chi connectivity index (χ3v) is 1.97. The number of hydrogen-bond donors (Lipinski definition) is 1. The van der Waals surface area contributed by atoms with E-state index in [0.29, 0.717) is 11.3 Å². The van der Waals surface area contributed by atoms with Gasteiger partial charge in [0.2, 0.25) is 0 Å². The second-order valence-electron chi connectivity index (χ2n) is 2.81. The minimum atomic E-state index is -0.438. The van der Waals surface area contributed by atoms with Crippen LogP contribution in [-0.2, 0) is 7.05 Å². The Hall–Kier alpha value is -1.56. The third-order valence-electron chi connectivity index (χ3n) is 1.76. The van der Waals surface area contributed by atoms with Crippen molar-refractivity contribution < 1.29 is 4.39 Å². The van der Waals surface area contributed by atoms with Gasteiger partial charge in [-0.05, 0) is 12.2 Å². The van der Waals surface area contributed by atoms with Gasteiger partial charge in [0.15, 0.2) is 10.6 Å². The van der Waals surface area contributed by atoms with Gasteiger partial charge in [0, 0.05) is 18.8 Å². The highest BCUT2D eigenvalue weighted by molar-refractivity contribution is 7.71. The van der Waals surface area contributed by atoms with Crippen molar-refractivity contribution in [3.8, 4) is 11.3 Å². The van der Waals surface area contributed by atoms with Gasteiger partial charge in [-0.15, -0.1) is 0 Å². The Labute approximate surface area is 84.4 Å². The summed E-state index contributed by atoms with van der Waals surface area (Å²) in [6.45, 7) is 0. The van der Waals surface area contributed by atoms with E-state index in [1.165, 1.54) is 0 Å². The van der Waals surface area contributed by atoms with E-state index in [4.69, 9.17) is 12.2 Å². The molecule has 2 rings (SSSR count). The monoisotopic (exact) mass is 210 g/mol. The van der Waals surface area contributed by atoms with Gasteiger partial charge in [0.05, 0.1) is 18.1 Å². The molecule has 0 unspecified atom stereocenters. The average Bonchev–Trinajstić information content (AvgIpc) is 2.56. The van der Waals surface area contributed by atoms with Crippen molar-refractivity contribution in [2.24, 2.45) is 7.05 Å². The van der Waals surface area contributed by atoms with Crippen LogP contribution in [-0.4, -0.2) is 19.7 Å². The molecule has 72 valence electrons. The zero-order valence-electron chi connectivity index (χ0n) is 7.36. The summed E-state index contributed by atoms with van der Waals surface area (Å²) in [5, 5.41) is 3.94. The highest BCUT2D eigenvalue weighted by Gasteiger charge is 2.07. The van der Waals surface area contributed by atoms with Crippen LogP contribution in [0.3, 0.4) is 0 Å². The van der Waals surface area contributed by atoms with E-state index in [1.54, 1.807) is 24.1 Å². The molecule has 4 nitrogen and oxygen atoms in total. The first-order valence-corrected chi connectivity index (χ1v) is 4.31. The Morgan fingerprint density at radius 3 is 2.93 bits per heavy atom. The van der Waals surface area contributed by atoms with E-state index in [9.17, 15) is 4.39 Å². The molecule has 0 saturated heterocycles. The maximum absolute atomic E-state index is 13.3. The third kappa shape index (κ3) is 1.56. The standard InChI is InChI=1S/C8H7FN4S/c1-13-4-5(2-11-13)7-6(9)3-10-8(14)12-7/h2-4H,1H3,(H,10,12,14). The predicted octanol–water partition coefficient (Wildman–Crippen LogP) is 1.68. The van der Waals surface area contributed by atoms with Crippen LogP contribution in [0.15, 0.2) is 18.6 Å². The van der Waals surface area contributed by atoms with Gasteiger partial charge in [-0.3, -0.25) is 4.68 Å². The van der Waals surface area contributed by atoms with Gasteiger partial charge in [-0.25, -0.2) is 9.37 Å². The second kappa shape index (κ2) is 3.30. The lowest BCUT2D eigenvalue weighted by atomic mass is 10.2. The quantitative estimate of drug-likeness (QED) is 0.728. The number of aryl methyl sites for hydroxylation is 1. The first kappa shape index (κ1) is 9.01. The minimum Gasteiger partial charge on any atom is -0.328 e. The zero-order chi connectivity index (χ0) is 10.1. The number of hydrogen-bond acceptors (Lipinski definition) is 3. The van der Waals surface area contributed by atoms with Crippen LogP contribution in [0.2, 0.25) is 0 Å². The fraction of sp³-hybridized carbons (Fsp3) is 0.125. The van der Waals surface area contributed by atoms with Crippen LogP contribution in [0.25, 0.3) is 11.3 Å². The van der Waals surface area contributed by atoms with Crippen molar-refractivity contribution in [3.05, 3.63) is 29.2 Å². The Bertz CT molecular complexity index is 516. The lowest BCUT2D eigenvalue weighted by molar-refractivity contribution is 0.617. The Morgan fingerprint density at radius 1 is 1.50 bits per heavy atom. The first-order valence-electron chi connectivity index (χ1n) is 3.90. The molecule has 0 saturated carbocycles. The number of nitrogens with one attached hydrogen (secondary N) is 1. The van der Waals surface area contributed by atoms with Crippen LogP contribution in [0.4, 0.5) is 4.39 Å². The van der Waals surface area contributed by atoms with Gasteiger partial charge in [0.25, 0.3) is 0 Å². The molecule has 0 bridgehead atoms. The smallest absolute Gasteiger partial charge is 0.197 e. The largest absolute Gasteiger partial charge is 0.328 e. The highest BCUT2D eigenvalue weighted by Crippen LogP contribution is 2.17. The molecule has 0 amide bonds. The fourth-order valence-electron chi connectivity index (χ4n) is 1.14. The van der Waals surface area contributed by atoms with Gasteiger partial charge < -0.3 is 4.98 Å². The summed E-state index contributed by atoms with van der Waals surface area (Å²) < 4.78 is 15.1. The van der Waals surface area contributed by atoms with Crippen molar-refractivity contribution in [1.82, 2.24) is 19.7 Å². The number of H-pyrrole nitrogens is 1. The molecule has 2 aromatic heterocycles. The molecule has 0 radical (unpaired) electrons. The molecule has 0 fully saturated rings. The van der Waals surface area contributed by atoms with Crippen molar-refractivity contribution in [1.29, 1.82) is 0 Å². The van der Waals surface area contributed by atoms with Crippen molar-refractivity contribution >= 4 is 12.2 Å². The summed E-state index contributed by atoms with van der Waals surface area (Å²) in [5.41, 5.74) is 0.969. The number of aromatic nitrogens is 4. The summed E-state index contributed by atoms with van der Waals surface area (Å²) in [4.78, 5) is 6.31. The first-order chi connectivity index (χ1) is 6.66. The van der Waals surface area contributed by atoms with Crippen LogP contribution in [0.5, 0.6) is 0 Å². The lowest BCUT2D eigenvalue weighted by Gasteiger charge is -1.98. The molecule has 0 aliphatic carbocycles. The van der Waals surface area contributed by atoms with Gasteiger partial charge in [-0.1, -0.05) is 0 Å². The van der Waals surface area contributed by atoms with E-state index in [0.717, 1.165) is 6.20 Å².